The zero-order valence-electron chi connectivity index (χ0n) is 40.5. The van der Waals surface area contributed by atoms with E-state index < -0.39 is 26.6 Å². The SMILES string of the molecule is CC/C=C\C/C=C\C/C=C\C/C=C\CCCCCCCCCCCCCCCCCCC(=O)NC(COP(=O)([O-])OCC[N+](C)(C)C)C(O)/C=C/CC/C=C/CC/C=C/CCC. The Kier molecular flexibility index (Phi) is 42.3. The first-order valence-electron chi connectivity index (χ1n) is 24.9. The Morgan fingerprint density at radius 2 is 1.00 bits per heavy atom. The average molecular weight is 887 g/mol. The number of carbonyl (C=O) groups excluding carboxylic acids is 1. The molecule has 0 fully saturated rings. The lowest BCUT2D eigenvalue weighted by molar-refractivity contribution is -0.870. The molecule has 9 heteroatoms. The summed E-state index contributed by atoms with van der Waals surface area (Å²) in [6, 6.07) is -0.911. The lowest BCUT2D eigenvalue weighted by atomic mass is 10.0. The normalized spacial score (nSPS) is 14.9. The first-order valence-corrected chi connectivity index (χ1v) is 26.4. The van der Waals surface area contributed by atoms with Gasteiger partial charge in [0.1, 0.15) is 13.2 Å². The van der Waals surface area contributed by atoms with Gasteiger partial charge < -0.3 is 28.8 Å². The molecule has 62 heavy (non-hydrogen) atoms. The average Bonchev–Trinajstić information content (AvgIpc) is 3.23. The summed E-state index contributed by atoms with van der Waals surface area (Å²) in [4.78, 5) is 25.3. The number of carbonyl (C=O) groups is 1. The zero-order chi connectivity index (χ0) is 45.7. The van der Waals surface area contributed by atoms with Crippen LogP contribution in [-0.4, -0.2) is 68.5 Å². The Balaban J connectivity index is 4.13. The van der Waals surface area contributed by atoms with Gasteiger partial charge in [-0.1, -0.05) is 195 Å². The van der Waals surface area contributed by atoms with Crippen LogP contribution in [0.2, 0.25) is 0 Å². The molecule has 0 aliphatic carbocycles. The predicted molar refractivity (Wildman–Crippen MR) is 265 cm³/mol. The highest BCUT2D eigenvalue weighted by atomic mass is 31.2. The van der Waals surface area contributed by atoms with E-state index in [4.69, 9.17) is 9.05 Å². The summed E-state index contributed by atoms with van der Waals surface area (Å²) in [5.41, 5.74) is 0. The van der Waals surface area contributed by atoms with Gasteiger partial charge in [-0.25, -0.2) is 0 Å². The number of aliphatic hydroxyl groups is 1. The highest BCUT2D eigenvalue weighted by molar-refractivity contribution is 7.45. The van der Waals surface area contributed by atoms with E-state index in [9.17, 15) is 19.4 Å². The summed E-state index contributed by atoms with van der Waals surface area (Å²) in [7, 11) is 1.22. The number of nitrogens with one attached hydrogen (secondary N) is 1. The fraction of sp³-hybridized carbons (Fsp3) is 0.717. The van der Waals surface area contributed by atoms with Crippen molar-refractivity contribution < 1.29 is 32.9 Å². The number of likely N-dealkylation sites (N-methyl/N-ethyl adjacent to an activating group) is 1. The van der Waals surface area contributed by atoms with Crippen molar-refractivity contribution in [2.75, 3.05) is 40.9 Å². The molecule has 0 aliphatic heterocycles. The molecule has 0 aromatic heterocycles. The van der Waals surface area contributed by atoms with E-state index in [1.807, 2.05) is 27.2 Å². The van der Waals surface area contributed by atoms with Crippen LogP contribution in [0.4, 0.5) is 0 Å². The lowest BCUT2D eigenvalue weighted by Gasteiger charge is -2.29. The maximum atomic E-state index is 12.9. The number of phosphoric acid groups is 1. The largest absolute Gasteiger partial charge is 0.756 e. The van der Waals surface area contributed by atoms with Crippen molar-refractivity contribution in [2.45, 2.75) is 206 Å². The molecule has 3 unspecified atom stereocenters. The number of phosphoric ester groups is 1. The number of hydrogen-bond donors (Lipinski definition) is 2. The van der Waals surface area contributed by atoms with Gasteiger partial charge >= 0.3 is 0 Å². The van der Waals surface area contributed by atoms with E-state index in [0.717, 1.165) is 77.0 Å². The molecule has 8 nitrogen and oxygen atoms in total. The fourth-order valence-electron chi connectivity index (χ4n) is 6.65. The van der Waals surface area contributed by atoms with Gasteiger partial charge in [-0.3, -0.25) is 9.36 Å². The van der Waals surface area contributed by atoms with E-state index in [0.29, 0.717) is 17.4 Å². The molecule has 0 saturated heterocycles. The second kappa shape index (κ2) is 43.9. The van der Waals surface area contributed by atoms with Crippen LogP contribution in [-0.2, 0) is 18.4 Å². The molecule has 0 spiro atoms. The van der Waals surface area contributed by atoms with E-state index in [2.05, 4.69) is 92.1 Å². The van der Waals surface area contributed by atoms with Gasteiger partial charge in [0.05, 0.1) is 39.9 Å². The van der Waals surface area contributed by atoms with Crippen molar-refractivity contribution in [1.29, 1.82) is 0 Å². The van der Waals surface area contributed by atoms with Gasteiger partial charge in [-0.15, -0.1) is 0 Å². The third-order valence-corrected chi connectivity index (χ3v) is 11.5. The molecule has 0 aromatic carbocycles. The first-order chi connectivity index (χ1) is 30.0. The number of quaternary nitrogens is 1. The Morgan fingerprint density at radius 3 is 1.48 bits per heavy atom. The maximum absolute atomic E-state index is 12.9. The molecule has 358 valence electrons. The summed E-state index contributed by atoms with van der Waals surface area (Å²) in [5, 5.41) is 13.7. The van der Waals surface area contributed by atoms with Crippen molar-refractivity contribution in [1.82, 2.24) is 5.32 Å². The minimum Gasteiger partial charge on any atom is -0.756 e. The molecule has 0 bridgehead atoms. The lowest BCUT2D eigenvalue weighted by Crippen LogP contribution is -2.45. The van der Waals surface area contributed by atoms with E-state index in [1.165, 1.54) is 96.3 Å². The van der Waals surface area contributed by atoms with E-state index in [1.54, 1.807) is 6.08 Å². The minimum absolute atomic E-state index is 0.0120. The minimum atomic E-state index is -4.60. The van der Waals surface area contributed by atoms with Crippen molar-refractivity contribution in [3.8, 4) is 0 Å². The van der Waals surface area contributed by atoms with Crippen LogP contribution in [0.3, 0.4) is 0 Å². The number of nitrogens with zero attached hydrogens (tertiary/aromatic N) is 1. The second-order valence-corrected chi connectivity index (χ2v) is 19.2. The molecule has 0 radical (unpaired) electrons. The van der Waals surface area contributed by atoms with Gasteiger partial charge in [-0.05, 0) is 77.0 Å². The maximum Gasteiger partial charge on any atom is 0.268 e. The number of allylic oxidation sites excluding steroid dienone is 13. The molecular formula is C53H95N2O6P. The van der Waals surface area contributed by atoms with Gasteiger partial charge in [0.15, 0.2) is 0 Å². The van der Waals surface area contributed by atoms with Crippen LogP contribution in [0.15, 0.2) is 85.1 Å². The quantitative estimate of drug-likeness (QED) is 0.0273. The van der Waals surface area contributed by atoms with E-state index in [-0.39, 0.29) is 12.5 Å². The number of amides is 1. The van der Waals surface area contributed by atoms with Crippen LogP contribution in [0, 0.1) is 0 Å². The third-order valence-electron chi connectivity index (χ3n) is 10.5. The number of hydrogen-bond acceptors (Lipinski definition) is 6. The number of aliphatic hydroxyl groups excluding tert-OH is 1. The fourth-order valence-corrected chi connectivity index (χ4v) is 7.38. The molecule has 0 rings (SSSR count). The standard InChI is InChI=1S/C53H95N2O6P/c1-6-8-10-12-14-16-18-19-20-21-22-23-24-25-26-27-28-29-30-31-32-33-34-35-37-39-41-43-45-47-53(57)54-51(50-61-62(58,59)60-49-48-55(3,4)5)52(56)46-44-42-40-38-36-17-15-13-11-9-7-2/h8,10-11,13-14,16,19-20,22-23,36,38,44,46,51-52,56H,6-7,9,12,15,17-18,21,24-35,37,39-43,45,47-50H2,1-5H3,(H-,54,57,58,59)/b10-8-,13-11+,16-14-,20-19-,23-22-,38-36+,46-44+. The van der Waals surface area contributed by atoms with Crippen LogP contribution < -0.4 is 10.2 Å². The molecule has 0 heterocycles. The number of rotatable bonds is 44. The third kappa shape index (κ3) is 45.7. The monoisotopic (exact) mass is 887 g/mol. The molecule has 0 aliphatic rings. The summed E-state index contributed by atoms with van der Waals surface area (Å²) in [6.07, 6.45) is 60.9. The smallest absolute Gasteiger partial charge is 0.268 e. The summed E-state index contributed by atoms with van der Waals surface area (Å²) in [5.74, 6) is -0.216. The van der Waals surface area contributed by atoms with Gasteiger partial charge in [0.2, 0.25) is 5.91 Å². The molecule has 3 atom stereocenters. The van der Waals surface area contributed by atoms with Crippen LogP contribution in [0.1, 0.15) is 194 Å². The second-order valence-electron chi connectivity index (χ2n) is 17.8. The van der Waals surface area contributed by atoms with Crippen molar-refractivity contribution in [2.24, 2.45) is 0 Å². The molecule has 2 N–H and O–H groups in total. The highest BCUT2D eigenvalue weighted by Gasteiger charge is 2.23. The Bertz CT molecular complexity index is 1280. The number of unbranched alkanes of at least 4 members (excludes halogenated alkanes) is 19. The van der Waals surface area contributed by atoms with E-state index >= 15 is 0 Å². The van der Waals surface area contributed by atoms with Crippen molar-refractivity contribution in [3.05, 3.63) is 85.1 Å². The Labute approximate surface area is 382 Å². The summed E-state index contributed by atoms with van der Waals surface area (Å²) >= 11 is 0. The Hall–Kier alpha value is -2.32. The molecule has 0 saturated carbocycles. The van der Waals surface area contributed by atoms with Gasteiger partial charge in [0, 0.05) is 6.42 Å². The molecular weight excluding hydrogens is 792 g/mol. The summed E-state index contributed by atoms with van der Waals surface area (Å²) in [6.45, 7) is 4.41. The highest BCUT2D eigenvalue weighted by Crippen LogP contribution is 2.38. The van der Waals surface area contributed by atoms with Crippen molar-refractivity contribution >= 4 is 13.7 Å². The predicted octanol–water partition coefficient (Wildman–Crippen LogP) is 13.9. The van der Waals surface area contributed by atoms with Crippen molar-refractivity contribution in [3.63, 3.8) is 0 Å². The topological polar surface area (TPSA) is 108 Å². The van der Waals surface area contributed by atoms with Gasteiger partial charge in [-0.2, -0.15) is 0 Å². The zero-order valence-corrected chi connectivity index (χ0v) is 41.4. The summed E-state index contributed by atoms with van der Waals surface area (Å²) < 4.78 is 23.2. The van der Waals surface area contributed by atoms with Gasteiger partial charge in [0.25, 0.3) is 7.82 Å². The van der Waals surface area contributed by atoms with Crippen LogP contribution in [0.5, 0.6) is 0 Å². The van der Waals surface area contributed by atoms with Crippen LogP contribution in [0.25, 0.3) is 0 Å². The molecule has 0 aromatic rings. The molecule has 1 amide bonds. The Morgan fingerprint density at radius 1 is 0.581 bits per heavy atom. The van der Waals surface area contributed by atoms with Crippen LogP contribution >= 0.6 is 7.82 Å². The first kappa shape index (κ1) is 59.7.